The third kappa shape index (κ3) is 4.12. The molecule has 0 spiro atoms. The van der Waals surface area contributed by atoms with Gasteiger partial charge in [0.2, 0.25) is 0 Å². The number of nitrogens with zero attached hydrogens (tertiary/aromatic N) is 2. The SMILES string of the molecule is CC(=O)/C(=C\n1c(=S)[nH]c2ccc(N([O-])O)cc21)C(=O)Nc1ccc(Cl)cc1. The zero-order valence-electron chi connectivity index (χ0n) is 14.5. The zero-order chi connectivity index (χ0) is 20.4. The van der Waals surface area contributed by atoms with Gasteiger partial charge in [0.15, 0.2) is 10.6 Å². The summed E-state index contributed by atoms with van der Waals surface area (Å²) in [7, 11) is 0. The molecule has 0 aliphatic rings. The van der Waals surface area contributed by atoms with Gasteiger partial charge >= 0.3 is 0 Å². The third-order valence-electron chi connectivity index (χ3n) is 3.91. The van der Waals surface area contributed by atoms with Crippen LogP contribution in [0.5, 0.6) is 0 Å². The summed E-state index contributed by atoms with van der Waals surface area (Å²) in [5, 5.41) is 23.1. The monoisotopic (exact) mass is 417 g/mol. The van der Waals surface area contributed by atoms with Gasteiger partial charge in [0.1, 0.15) is 0 Å². The number of halogens is 1. The van der Waals surface area contributed by atoms with Crippen LogP contribution in [0.2, 0.25) is 5.02 Å². The Hall–Kier alpha value is -2.98. The first-order chi connectivity index (χ1) is 13.3. The Balaban J connectivity index is 2.04. The summed E-state index contributed by atoms with van der Waals surface area (Å²) in [5.74, 6) is -1.11. The lowest BCUT2D eigenvalue weighted by atomic mass is 10.2. The summed E-state index contributed by atoms with van der Waals surface area (Å²) in [6.07, 6.45) is 1.28. The Bertz CT molecular complexity index is 1150. The summed E-state index contributed by atoms with van der Waals surface area (Å²) in [6, 6.07) is 10.7. The summed E-state index contributed by atoms with van der Waals surface area (Å²) in [4.78, 5) is 27.6. The number of benzene rings is 2. The van der Waals surface area contributed by atoms with Crippen LogP contribution < -0.4 is 10.5 Å². The van der Waals surface area contributed by atoms with Crippen molar-refractivity contribution >= 4 is 64.1 Å². The van der Waals surface area contributed by atoms with E-state index in [0.717, 1.165) is 0 Å². The minimum atomic E-state index is -0.630. The smallest absolute Gasteiger partial charge is 0.260 e. The number of rotatable bonds is 5. The summed E-state index contributed by atoms with van der Waals surface area (Å²) in [6.45, 7) is 1.25. The zero-order valence-corrected chi connectivity index (χ0v) is 16.0. The van der Waals surface area contributed by atoms with E-state index in [2.05, 4.69) is 10.3 Å². The van der Waals surface area contributed by atoms with Gasteiger partial charge in [0, 0.05) is 16.9 Å². The van der Waals surface area contributed by atoms with Crippen molar-refractivity contribution in [1.82, 2.24) is 9.55 Å². The summed E-state index contributed by atoms with van der Waals surface area (Å²) < 4.78 is 1.59. The number of carbonyl (C=O) groups is 2. The maximum atomic E-state index is 12.6. The fourth-order valence-corrected chi connectivity index (χ4v) is 2.91. The maximum Gasteiger partial charge on any atom is 0.260 e. The van der Waals surface area contributed by atoms with Gasteiger partial charge in [0.25, 0.3) is 5.91 Å². The number of fused-ring (bicyclic) bond motifs is 1. The molecule has 1 heterocycles. The minimum Gasteiger partial charge on any atom is -0.733 e. The number of amides is 1. The lowest BCUT2D eigenvalue weighted by Gasteiger charge is -2.21. The molecule has 0 aliphatic heterocycles. The Kier molecular flexibility index (Phi) is 5.61. The van der Waals surface area contributed by atoms with Crippen molar-refractivity contribution in [1.29, 1.82) is 0 Å². The molecule has 0 atom stereocenters. The molecule has 144 valence electrons. The normalized spacial score (nSPS) is 11.5. The molecule has 0 fully saturated rings. The van der Waals surface area contributed by atoms with Gasteiger partial charge in [-0.05, 0) is 61.6 Å². The second kappa shape index (κ2) is 7.95. The molecule has 0 bridgehead atoms. The molecule has 0 unspecified atom stereocenters. The lowest BCUT2D eigenvalue weighted by molar-refractivity contribution is -0.118. The van der Waals surface area contributed by atoms with Crippen molar-refractivity contribution < 1.29 is 14.8 Å². The molecular weight excluding hydrogens is 404 g/mol. The number of nitrogens with one attached hydrogen (secondary N) is 2. The molecule has 8 nitrogen and oxygen atoms in total. The summed E-state index contributed by atoms with van der Waals surface area (Å²) in [5.41, 5.74) is 1.26. The molecule has 28 heavy (non-hydrogen) atoms. The number of imidazole rings is 1. The van der Waals surface area contributed by atoms with Crippen LogP contribution in [-0.2, 0) is 9.59 Å². The molecule has 0 saturated heterocycles. The van der Waals surface area contributed by atoms with Gasteiger partial charge in [-0.2, -0.15) is 0 Å². The van der Waals surface area contributed by atoms with E-state index in [-0.39, 0.29) is 21.3 Å². The van der Waals surface area contributed by atoms with Crippen molar-refractivity contribution in [3.8, 4) is 0 Å². The number of carbonyl (C=O) groups excluding carboxylic acids is 2. The Morgan fingerprint density at radius 2 is 1.96 bits per heavy atom. The van der Waals surface area contributed by atoms with E-state index in [1.165, 1.54) is 29.8 Å². The first-order valence-corrected chi connectivity index (χ1v) is 8.75. The number of aromatic nitrogens is 2. The topological polar surface area (TPSA) is 113 Å². The van der Waals surface area contributed by atoms with E-state index < -0.39 is 11.7 Å². The highest BCUT2D eigenvalue weighted by Gasteiger charge is 2.16. The van der Waals surface area contributed by atoms with Gasteiger partial charge in [-0.25, -0.2) is 0 Å². The van der Waals surface area contributed by atoms with Crippen molar-refractivity contribution in [2.45, 2.75) is 6.92 Å². The number of aromatic amines is 1. The highest BCUT2D eigenvalue weighted by atomic mass is 35.5. The van der Waals surface area contributed by atoms with Crippen LogP contribution in [0, 0.1) is 9.98 Å². The predicted octanol–water partition coefficient (Wildman–Crippen LogP) is 4.11. The summed E-state index contributed by atoms with van der Waals surface area (Å²) >= 11 is 11.1. The van der Waals surface area contributed by atoms with Crippen LogP contribution in [0.3, 0.4) is 0 Å². The van der Waals surface area contributed by atoms with E-state index >= 15 is 0 Å². The number of ketones is 1. The molecule has 3 rings (SSSR count). The number of hydrogen-bond acceptors (Lipinski definition) is 6. The number of H-pyrrole nitrogens is 1. The van der Waals surface area contributed by atoms with E-state index in [9.17, 15) is 14.8 Å². The molecule has 3 N–H and O–H groups in total. The fraction of sp³-hybridized carbons (Fsp3) is 0.0556. The molecule has 1 aromatic heterocycles. The molecule has 0 aliphatic carbocycles. The van der Waals surface area contributed by atoms with Gasteiger partial charge in [0.05, 0.1) is 22.3 Å². The number of hydrogen-bond donors (Lipinski definition) is 3. The van der Waals surface area contributed by atoms with Crippen molar-refractivity contribution in [2.75, 3.05) is 10.5 Å². The predicted molar refractivity (Wildman–Crippen MR) is 110 cm³/mol. The quantitative estimate of drug-likeness (QED) is 0.189. The average molecular weight is 418 g/mol. The van der Waals surface area contributed by atoms with Gasteiger partial charge in [-0.15, -0.1) is 0 Å². The van der Waals surface area contributed by atoms with E-state index in [4.69, 9.17) is 29.0 Å². The van der Waals surface area contributed by atoms with E-state index in [1.54, 1.807) is 30.3 Å². The highest BCUT2D eigenvalue weighted by molar-refractivity contribution is 7.71. The van der Waals surface area contributed by atoms with Gasteiger partial charge in [-0.3, -0.25) is 19.4 Å². The van der Waals surface area contributed by atoms with Crippen LogP contribution in [-0.4, -0.2) is 26.4 Å². The first-order valence-electron chi connectivity index (χ1n) is 7.96. The molecule has 3 aromatic rings. The highest BCUT2D eigenvalue weighted by Crippen LogP contribution is 2.22. The van der Waals surface area contributed by atoms with Crippen LogP contribution in [0.1, 0.15) is 6.92 Å². The largest absolute Gasteiger partial charge is 0.733 e. The van der Waals surface area contributed by atoms with Crippen LogP contribution in [0.25, 0.3) is 17.2 Å². The standard InChI is InChI=1S/C18H14ClN4O4S/c1-10(24)14(17(25)20-12-4-2-11(19)3-5-12)9-22-16-8-13(23(26)27)6-7-15(16)21-18(22)28/h2-9,26H,1H3,(H,20,25)(H,21,28)/q-1/b14-9+. The van der Waals surface area contributed by atoms with Gasteiger partial charge in [-0.1, -0.05) is 11.6 Å². The van der Waals surface area contributed by atoms with Crippen LogP contribution in [0.15, 0.2) is 48.0 Å². The average Bonchev–Trinajstić information content (AvgIpc) is 2.95. The molecular formula is C18H14ClN4O4S-. The Morgan fingerprint density at radius 3 is 2.57 bits per heavy atom. The van der Waals surface area contributed by atoms with Crippen molar-refractivity contribution in [2.24, 2.45) is 0 Å². The van der Waals surface area contributed by atoms with Gasteiger partial charge < -0.3 is 20.7 Å². The van der Waals surface area contributed by atoms with E-state index in [1.807, 2.05) is 0 Å². The Labute approximate surface area is 169 Å². The molecule has 10 heteroatoms. The second-order valence-electron chi connectivity index (χ2n) is 5.83. The molecule has 0 radical (unpaired) electrons. The van der Waals surface area contributed by atoms with Crippen molar-refractivity contribution in [3.05, 3.63) is 63.0 Å². The second-order valence-corrected chi connectivity index (χ2v) is 6.66. The van der Waals surface area contributed by atoms with E-state index in [0.29, 0.717) is 21.7 Å². The lowest BCUT2D eigenvalue weighted by Crippen LogP contribution is -2.19. The van der Waals surface area contributed by atoms with Crippen molar-refractivity contribution in [3.63, 3.8) is 0 Å². The molecule has 2 aromatic carbocycles. The third-order valence-corrected chi connectivity index (χ3v) is 4.46. The number of anilines is 2. The number of Topliss-reactive ketones (excluding diaryl/α,β-unsaturated/α-hetero) is 1. The first kappa shape index (κ1) is 19.8. The van der Waals surface area contributed by atoms with Crippen LogP contribution >= 0.6 is 23.8 Å². The minimum absolute atomic E-state index is 0.0290. The fourth-order valence-electron chi connectivity index (χ4n) is 2.53. The molecule has 1 amide bonds. The van der Waals surface area contributed by atoms with Crippen LogP contribution in [0.4, 0.5) is 11.4 Å². The molecule has 0 saturated carbocycles. The maximum absolute atomic E-state index is 12.6. The Morgan fingerprint density at radius 1 is 1.29 bits per heavy atom.